The van der Waals surface area contributed by atoms with E-state index in [1.165, 1.54) is 0 Å². The minimum atomic E-state index is -0.918. The van der Waals surface area contributed by atoms with Crippen molar-refractivity contribution in [1.82, 2.24) is 5.32 Å². The van der Waals surface area contributed by atoms with Gasteiger partial charge in [-0.25, -0.2) is 4.79 Å². The van der Waals surface area contributed by atoms with Crippen LogP contribution in [0.15, 0.2) is 71.3 Å². The van der Waals surface area contributed by atoms with Crippen LogP contribution in [-0.2, 0) is 13.1 Å². The number of nitrogens with one attached hydrogen (secondary N) is 1. The molecule has 0 spiro atoms. The summed E-state index contributed by atoms with van der Waals surface area (Å²) in [6.45, 7) is 1.27. The maximum Gasteiger partial charge on any atom is 0.336 e. The average Bonchev–Trinajstić information content (AvgIpc) is 3.09. The van der Waals surface area contributed by atoms with E-state index in [0.717, 1.165) is 22.5 Å². The SMILES string of the molecule is O=C(O)c1ccc(CNCc2ccco2)cc1-c1ccccc1. The molecule has 1 aromatic heterocycles. The van der Waals surface area contributed by atoms with E-state index < -0.39 is 5.97 Å². The summed E-state index contributed by atoms with van der Waals surface area (Å²) in [5, 5.41) is 12.7. The molecule has 0 saturated heterocycles. The molecule has 3 rings (SSSR count). The molecular weight excluding hydrogens is 290 g/mol. The second-order valence-electron chi connectivity index (χ2n) is 5.23. The summed E-state index contributed by atoms with van der Waals surface area (Å²) < 4.78 is 5.27. The Kier molecular flexibility index (Phi) is 4.54. The molecule has 116 valence electrons. The van der Waals surface area contributed by atoms with Gasteiger partial charge in [0.05, 0.1) is 18.4 Å². The van der Waals surface area contributed by atoms with Crippen molar-refractivity contribution in [3.63, 3.8) is 0 Å². The normalized spacial score (nSPS) is 10.6. The van der Waals surface area contributed by atoms with Gasteiger partial charge in [-0.3, -0.25) is 0 Å². The molecule has 4 heteroatoms. The molecule has 0 fully saturated rings. The van der Waals surface area contributed by atoms with Gasteiger partial charge in [-0.2, -0.15) is 0 Å². The Morgan fingerprint density at radius 3 is 2.52 bits per heavy atom. The molecule has 2 aromatic carbocycles. The van der Waals surface area contributed by atoms with Gasteiger partial charge in [-0.1, -0.05) is 36.4 Å². The molecule has 0 atom stereocenters. The molecule has 0 aliphatic heterocycles. The lowest BCUT2D eigenvalue weighted by Gasteiger charge is -2.10. The highest BCUT2D eigenvalue weighted by molar-refractivity contribution is 5.96. The van der Waals surface area contributed by atoms with Gasteiger partial charge < -0.3 is 14.8 Å². The molecule has 3 aromatic rings. The Labute approximate surface area is 134 Å². The number of benzene rings is 2. The lowest BCUT2D eigenvalue weighted by molar-refractivity contribution is 0.0697. The van der Waals surface area contributed by atoms with Crippen LogP contribution in [0.3, 0.4) is 0 Å². The highest BCUT2D eigenvalue weighted by atomic mass is 16.4. The largest absolute Gasteiger partial charge is 0.478 e. The number of furan rings is 1. The minimum Gasteiger partial charge on any atom is -0.478 e. The summed E-state index contributed by atoms with van der Waals surface area (Å²) in [5.41, 5.74) is 2.97. The summed E-state index contributed by atoms with van der Waals surface area (Å²) in [6, 6.07) is 18.8. The van der Waals surface area contributed by atoms with Crippen LogP contribution in [0.1, 0.15) is 21.7 Å². The summed E-state index contributed by atoms with van der Waals surface area (Å²) in [5.74, 6) is -0.0469. The van der Waals surface area contributed by atoms with Gasteiger partial charge in [-0.05, 0) is 41.0 Å². The van der Waals surface area contributed by atoms with Crippen molar-refractivity contribution in [3.05, 3.63) is 83.8 Å². The molecule has 23 heavy (non-hydrogen) atoms. The lowest BCUT2D eigenvalue weighted by atomic mass is 9.97. The molecular formula is C19H17NO3. The number of hydrogen-bond donors (Lipinski definition) is 2. The smallest absolute Gasteiger partial charge is 0.336 e. The minimum absolute atomic E-state index is 0.311. The zero-order chi connectivity index (χ0) is 16.1. The van der Waals surface area contributed by atoms with Gasteiger partial charge >= 0.3 is 5.97 Å². The lowest BCUT2D eigenvalue weighted by Crippen LogP contribution is -2.12. The molecule has 4 nitrogen and oxygen atoms in total. The third-order valence-corrected chi connectivity index (χ3v) is 3.61. The van der Waals surface area contributed by atoms with E-state index in [9.17, 15) is 9.90 Å². The Morgan fingerprint density at radius 1 is 1.00 bits per heavy atom. The van der Waals surface area contributed by atoms with E-state index >= 15 is 0 Å². The van der Waals surface area contributed by atoms with Gasteiger partial charge in [0.1, 0.15) is 5.76 Å². The van der Waals surface area contributed by atoms with Crippen LogP contribution in [0.4, 0.5) is 0 Å². The van der Waals surface area contributed by atoms with E-state index in [1.807, 2.05) is 54.6 Å². The number of carbonyl (C=O) groups is 1. The first kappa shape index (κ1) is 15.1. The molecule has 0 unspecified atom stereocenters. The average molecular weight is 307 g/mol. The van der Waals surface area contributed by atoms with Crippen LogP contribution < -0.4 is 5.32 Å². The standard InChI is InChI=1S/C19H17NO3/c21-19(22)17-9-8-14(12-20-13-16-7-4-10-23-16)11-18(17)15-5-2-1-3-6-15/h1-11,20H,12-13H2,(H,21,22). The Bertz CT molecular complexity index is 780. The molecule has 0 amide bonds. The Morgan fingerprint density at radius 2 is 1.83 bits per heavy atom. The fourth-order valence-corrected chi connectivity index (χ4v) is 2.49. The molecule has 0 radical (unpaired) electrons. The Balaban J connectivity index is 1.81. The number of carboxylic acids is 1. The Hall–Kier alpha value is -2.85. The fraction of sp³-hybridized carbons (Fsp3) is 0.105. The zero-order valence-electron chi connectivity index (χ0n) is 12.5. The molecule has 0 aliphatic rings. The third-order valence-electron chi connectivity index (χ3n) is 3.61. The first-order valence-corrected chi connectivity index (χ1v) is 7.39. The number of aromatic carboxylic acids is 1. The first-order chi connectivity index (χ1) is 11.2. The van der Waals surface area contributed by atoms with Crippen molar-refractivity contribution in [2.75, 3.05) is 0 Å². The topological polar surface area (TPSA) is 62.5 Å². The van der Waals surface area contributed by atoms with Crippen molar-refractivity contribution in [2.24, 2.45) is 0 Å². The van der Waals surface area contributed by atoms with Crippen molar-refractivity contribution >= 4 is 5.97 Å². The summed E-state index contributed by atoms with van der Waals surface area (Å²) >= 11 is 0. The number of hydrogen-bond acceptors (Lipinski definition) is 3. The first-order valence-electron chi connectivity index (χ1n) is 7.39. The van der Waals surface area contributed by atoms with Gasteiger partial charge in [0.25, 0.3) is 0 Å². The predicted octanol–water partition coefficient (Wildman–Crippen LogP) is 3.93. The van der Waals surface area contributed by atoms with Gasteiger partial charge in [0.2, 0.25) is 0 Å². The molecule has 1 heterocycles. The van der Waals surface area contributed by atoms with E-state index in [2.05, 4.69) is 5.32 Å². The molecule has 0 aliphatic carbocycles. The second kappa shape index (κ2) is 6.94. The number of carboxylic acid groups (broad SMARTS) is 1. The highest BCUT2D eigenvalue weighted by Crippen LogP contribution is 2.25. The maximum absolute atomic E-state index is 11.4. The molecule has 2 N–H and O–H groups in total. The van der Waals surface area contributed by atoms with E-state index in [0.29, 0.717) is 18.7 Å². The van der Waals surface area contributed by atoms with E-state index in [-0.39, 0.29) is 0 Å². The van der Waals surface area contributed by atoms with Gasteiger partial charge in [-0.15, -0.1) is 0 Å². The zero-order valence-corrected chi connectivity index (χ0v) is 12.5. The van der Waals surface area contributed by atoms with Crippen molar-refractivity contribution in [3.8, 4) is 11.1 Å². The van der Waals surface area contributed by atoms with Crippen LogP contribution >= 0.6 is 0 Å². The quantitative estimate of drug-likeness (QED) is 0.724. The van der Waals surface area contributed by atoms with Gasteiger partial charge in [0.15, 0.2) is 0 Å². The maximum atomic E-state index is 11.4. The highest BCUT2D eigenvalue weighted by Gasteiger charge is 2.12. The van der Waals surface area contributed by atoms with Crippen LogP contribution in [0.5, 0.6) is 0 Å². The summed E-state index contributed by atoms with van der Waals surface area (Å²) in [4.78, 5) is 11.4. The van der Waals surface area contributed by atoms with Crippen LogP contribution in [0.2, 0.25) is 0 Å². The van der Waals surface area contributed by atoms with Crippen molar-refractivity contribution in [1.29, 1.82) is 0 Å². The molecule has 0 bridgehead atoms. The van der Waals surface area contributed by atoms with Gasteiger partial charge in [0, 0.05) is 6.54 Å². The fourth-order valence-electron chi connectivity index (χ4n) is 2.49. The van der Waals surface area contributed by atoms with Crippen molar-refractivity contribution in [2.45, 2.75) is 13.1 Å². The monoisotopic (exact) mass is 307 g/mol. The predicted molar refractivity (Wildman–Crippen MR) is 88.1 cm³/mol. The molecule has 0 saturated carbocycles. The summed E-state index contributed by atoms with van der Waals surface area (Å²) in [7, 11) is 0. The third kappa shape index (κ3) is 3.67. The number of rotatable bonds is 6. The summed E-state index contributed by atoms with van der Waals surface area (Å²) in [6.07, 6.45) is 1.65. The second-order valence-corrected chi connectivity index (χ2v) is 5.23. The van der Waals surface area contributed by atoms with E-state index in [1.54, 1.807) is 12.3 Å². The van der Waals surface area contributed by atoms with Crippen LogP contribution in [0.25, 0.3) is 11.1 Å². The van der Waals surface area contributed by atoms with E-state index in [4.69, 9.17) is 4.42 Å². The van der Waals surface area contributed by atoms with Crippen LogP contribution in [0, 0.1) is 0 Å². The van der Waals surface area contributed by atoms with Crippen LogP contribution in [-0.4, -0.2) is 11.1 Å². The van der Waals surface area contributed by atoms with Crippen molar-refractivity contribution < 1.29 is 14.3 Å².